The predicted molar refractivity (Wildman–Crippen MR) is 57.5 cm³/mol. The third kappa shape index (κ3) is 1.78. The maximum Gasteiger partial charge on any atom is 0.159 e. The van der Waals surface area contributed by atoms with Crippen LogP contribution in [0, 0.1) is 5.92 Å². The molecule has 1 aliphatic carbocycles. The molecule has 0 bridgehead atoms. The van der Waals surface area contributed by atoms with Crippen LogP contribution in [0.5, 0.6) is 0 Å². The summed E-state index contributed by atoms with van der Waals surface area (Å²) >= 11 is 0. The topological polar surface area (TPSA) is 50.9 Å². The first-order valence-corrected chi connectivity index (χ1v) is 5.50. The molecule has 2 unspecified atom stereocenters. The van der Waals surface area contributed by atoms with E-state index in [2.05, 4.69) is 42.5 Å². The average Bonchev–Trinajstić information content (AvgIpc) is 2.70. The molecule has 4 heteroatoms. The molecule has 15 heavy (non-hydrogen) atoms. The molecule has 1 heterocycles. The van der Waals surface area contributed by atoms with Crippen molar-refractivity contribution in [1.29, 1.82) is 0 Å². The van der Waals surface area contributed by atoms with Crippen molar-refractivity contribution in [2.45, 2.75) is 52.2 Å². The van der Waals surface area contributed by atoms with E-state index < -0.39 is 0 Å². The number of hydrogen-bond acceptors (Lipinski definition) is 3. The summed E-state index contributed by atoms with van der Waals surface area (Å²) in [6, 6.07) is 0. The van der Waals surface area contributed by atoms with Gasteiger partial charge in [-0.2, -0.15) is 0 Å². The molecule has 4 nitrogen and oxygen atoms in total. The van der Waals surface area contributed by atoms with Crippen LogP contribution in [0.15, 0.2) is 0 Å². The molecule has 1 N–H and O–H groups in total. The van der Waals surface area contributed by atoms with E-state index in [1.165, 1.54) is 6.42 Å². The van der Waals surface area contributed by atoms with Crippen molar-refractivity contribution in [3.63, 3.8) is 0 Å². The predicted octanol–water partition coefficient (Wildman–Crippen LogP) is 1.65. The fraction of sp³-hybridized carbons (Fsp3) is 0.818. The van der Waals surface area contributed by atoms with Gasteiger partial charge in [0.2, 0.25) is 0 Å². The van der Waals surface area contributed by atoms with Gasteiger partial charge < -0.3 is 9.67 Å². The first-order valence-electron chi connectivity index (χ1n) is 5.50. The Hall–Kier alpha value is -0.900. The first kappa shape index (κ1) is 10.6. The van der Waals surface area contributed by atoms with Crippen LogP contribution in [-0.4, -0.2) is 19.9 Å². The third-order valence-electron chi connectivity index (χ3n) is 3.01. The van der Waals surface area contributed by atoms with Crippen molar-refractivity contribution in [3.8, 4) is 0 Å². The molecule has 1 fully saturated rings. The van der Waals surface area contributed by atoms with E-state index in [1.807, 2.05) is 0 Å². The molecule has 0 aliphatic heterocycles. The molecule has 1 saturated carbocycles. The van der Waals surface area contributed by atoms with Gasteiger partial charge in [0.05, 0.1) is 0 Å². The summed E-state index contributed by atoms with van der Waals surface area (Å²) in [5.41, 5.74) is -0.0563. The first-order chi connectivity index (χ1) is 6.95. The maximum absolute atomic E-state index is 9.24. The van der Waals surface area contributed by atoms with Gasteiger partial charge in [-0.1, -0.05) is 6.92 Å². The van der Waals surface area contributed by atoms with Crippen LogP contribution in [0.1, 0.15) is 51.7 Å². The summed E-state index contributed by atoms with van der Waals surface area (Å²) in [4.78, 5) is 0. The molecule has 0 radical (unpaired) electrons. The summed E-state index contributed by atoms with van der Waals surface area (Å²) in [5.74, 6) is 2.97. The molecule has 1 aliphatic rings. The van der Waals surface area contributed by atoms with Crippen LogP contribution >= 0.6 is 0 Å². The van der Waals surface area contributed by atoms with Crippen LogP contribution in [0.4, 0.5) is 0 Å². The number of nitrogens with zero attached hydrogens (tertiary/aromatic N) is 3. The fourth-order valence-electron chi connectivity index (χ4n) is 2.09. The normalized spacial score (nSPS) is 25.7. The second-order valence-electron chi connectivity index (χ2n) is 5.46. The van der Waals surface area contributed by atoms with Crippen LogP contribution in [-0.2, 0) is 12.1 Å². The number of rotatable bonds is 2. The molecular weight excluding hydrogens is 190 g/mol. The highest BCUT2D eigenvalue weighted by atomic mass is 16.3. The number of aromatic nitrogens is 3. The summed E-state index contributed by atoms with van der Waals surface area (Å²) in [7, 11) is 0. The van der Waals surface area contributed by atoms with Gasteiger partial charge in [0.15, 0.2) is 5.82 Å². The Bertz CT molecular complexity index is 364. The van der Waals surface area contributed by atoms with Crippen LogP contribution < -0.4 is 0 Å². The molecular formula is C11H19N3O. The van der Waals surface area contributed by atoms with E-state index in [9.17, 15) is 5.11 Å². The Kier molecular flexibility index (Phi) is 2.34. The van der Waals surface area contributed by atoms with Crippen molar-refractivity contribution < 1.29 is 5.11 Å². The lowest BCUT2D eigenvalue weighted by Crippen LogP contribution is -2.26. The smallest absolute Gasteiger partial charge is 0.159 e. The second-order valence-corrected chi connectivity index (χ2v) is 5.46. The van der Waals surface area contributed by atoms with Gasteiger partial charge in [0, 0.05) is 11.5 Å². The summed E-state index contributed by atoms with van der Waals surface area (Å²) in [5, 5.41) is 17.5. The zero-order valence-corrected chi connectivity index (χ0v) is 9.86. The summed E-state index contributed by atoms with van der Waals surface area (Å²) in [6.07, 6.45) is 1.19. The minimum atomic E-state index is -0.0563. The van der Waals surface area contributed by atoms with Gasteiger partial charge in [0.1, 0.15) is 12.4 Å². The molecule has 0 aromatic carbocycles. The van der Waals surface area contributed by atoms with Gasteiger partial charge in [0.25, 0.3) is 0 Å². The largest absolute Gasteiger partial charge is 0.388 e. The molecule has 2 atom stereocenters. The molecule has 1 aromatic rings. The second kappa shape index (κ2) is 3.30. The monoisotopic (exact) mass is 209 g/mol. The molecule has 0 amide bonds. The molecule has 0 saturated heterocycles. The Morgan fingerprint density at radius 3 is 2.40 bits per heavy atom. The lowest BCUT2D eigenvalue weighted by molar-refractivity contribution is 0.247. The molecule has 84 valence electrons. The minimum absolute atomic E-state index is 0.0363. The standard InChI is InChI=1S/C11H19N3O/c1-7-5-8(7)10-13-12-9(6-15)14(10)11(2,3)4/h7-8,15H,5-6H2,1-4H3. The van der Waals surface area contributed by atoms with E-state index in [4.69, 9.17) is 0 Å². The fourth-order valence-corrected chi connectivity index (χ4v) is 2.09. The Morgan fingerprint density at radius 2 is 2.00 bits per heavy atom. The Labute approximate surface area is 90.3 Å². The number of hydrogen-bond donors (Lipinski definition) is 1. The zero-order chi connectivity index (χ0) is 11.2. The zero-order valence-electron chi connectivity index (χ0n) is 9.86. The Morgan fingerprint density at radius 1 is 1.40 bits per heavy atom. The quantitative estimate of drug-likeness (QED) is 0.805. The minimum Gasteiger partial charge on any atom is -0.388 e. The highest BCUT2D eigenvalue weighted by Gasteiger charge is 2.40. The molecule has 1 aromatic heterocycles. The molecule has 0 spiro atoms. The van der Waals surface area contributed by atoms with E-state index in [0.29, 0.717) is 17.7 Å². The summed E-state index contributed by atoms with van der Waals surface area (Å²) < 4.78 is 2.08. The van der Waals surface area contributed by atoms with Crippen LogP contribution in [0.3, 0.4) is 0 Å². The van der Waals surface area contributed by atoms with Crippen LogP contribution in [0.2, 0.25) is 0 Å². The van der Waals surface area contributed by atoms with Crippen molar-refractivity contribution >= 4 is 0 Å². The van der Waals surface area contributed by atoms with Crippen LogP contribution in [0.25, 0.3) is 0 Å². The maximum atomic E-state index is 9.24. The van der Waals surface area contributed by atoms with Gasteiger partial charge in [-0.3, -0.25) is 0 Å². The molecule has 2 rings (SSSR count). The lowest BCUT2D eigenvalue weighted by atomic mass is 10.1. The van der Waals surface area contributed by atoms with E-state index >= 15 is 0 Å². The number of aliphatic hydroxyl groups excluding tert-OH is 1. The average molecular weight is 209 g/mol. The SMILES string of the molecule is CC1CC1c1nnc(CO)n1C(C)(C)C. The Balaban J connectivity index is 2.43. The summed E-state index contributed by atoms with van der Waals surface area (Å²) in [6.45, 7) is 8.54. The van der Waals surface area contributed by atoms with Gasteiger partial charge >= 0.3 is 0 Å². The van der Waals surface area contributed by atoms with E-state index in [1.54, 1.807) is 0 Å². The highest BCUT2D eigenvalue weighted by Crippen LogP contribution is 2.47. The van der Waals surface area contributed by atoms with E-state index in [-0.39, 0.29) is 12.1 Å². The lowest BCUT2D eigenvalue weighted by Gasteiger charge is -2.24. The van der Waals surface area contributed by atoms with Gasteiger partial charge in [-0.05, 0) is 33.1 Å². The highest BCUT2D eigenvalue weighted by molar-refractivity contribution is 5.13. The van der Waals surface area contributed by atoms with Gasteiger partial charge in [-0.25, -0.2) is 0 Å². The van der Waals surface area contributed by atoms with Crippen molar-refractivity contribution in [3.05, 3.63) is 11.6 Å². The van der Waals surface area contributed by atoms with Crippen molar-refractivity contribution in [2.75, 3.05) is 0 Å². The third-order valence-corrected chi connectivity index (χ3v) is 3.01. The van der Waals surface area contributed by atoms with Crippen molar-refractivity contribution in [1.82, 2.24) is 14.8 Å². The van der Waals surface area contributed by atoms with Crippen molar-refractivity contribution in [2.24, 2.45) is 5.92 Å². The van der Waals surface area contributed by atoms with Gasteiger partial charge in [-0.15, -0.1) is 10.2 Å². The number of aliphatic hydroxyl groups is 1. The van der Waals surface area contributed by atoms with E-state index in [0.717, 1.165) is 5.82 Å².